The van der Waals surface area contributed by atoms with Crippen LogP contribution in [-0.4, -0.2) is 18.8 Å². The van der Waals surface area contributed by atoms with Gasteiger partial charge in [-0.3, -0.25) is 4.79 Å². The number of para-hydroxylation sites is 1. The van der Waals surface area contributed by atoms with Crippen molar-refractivity contribution in [2.75, 3.05) is 0 Å². The lowest BCUT2D eigenvalue weighted by atomic mass is 10.1. The Labute approximate surface area is 138 Å². The molecule has 0 saturated heterocycles. The second kappa shape index (κ2) is 5.49. The number of aryl methyl sites for hydroxylation is 1. The lowest BCUT2D eigenvalue weighted by molar-refractivity contribution is 0.103. The summed E-state index contributed by atoms with van der Waals surface area (Å²) in [5, 5.41) is 6.04. The Hall–Kier alpha value is -2.15. The number of sulfonamides is 1. The van der Waals surface area contributed by atoms with Crippen LogP contribution in [0.2, 0.25) is 5.02 Å². The molecule has 1 aromatic heterocycles. The van der Waals surface area contributed by atoms with Crippen LogP contribution >= 0.6 is 11.6 Å². The van der Waals surface area contributed by atoms with Crippen molar-refractivity contribution in [2.45, 2.75) is 4.90 Å². The summed E-state index contributed by atoms with van der Waals surface area (Å²) in [4.78, 5) is 12.5. The molecule has 1 heterocycles. The molecule has 0 amide bonds. The van der Waals surface area contributed by atoms with Crippen LogP contribution in [0, 0.1) is 0 Å². The highest BCUT2D eigenvalue weighted by Gasteiger charge is 2.19. The standard InChI is InChI=1S/C16H13ClN2O3S/c1-19-13-5-3-2-4-10(13)8-14(19)16(20)11-6-7-12(17)15(9-11)23(18,21)22/h2-9H,1H3,(H2,18,21,22). The molecule has 0 fully saturated rings. The molecule has 2 N–H and O–H groups in total. The monoisotopic (exact) mass is 348 g/mol. The second-order valence-electron chi connectivity index (χ2n) is 5.17. The summed E-state index contributed by atoms with van der Waals surface area (Å²) in [7, 11) is -2.21. The Balaban J connectivity index is 2.15. The van der Waals surface area contributed by atoms with Gasteiger partial charge in [0, 0.05) is 23.5 Å². The Morgan fingerprint density at radius 3 is 2.48 bits per heavy atom. The zero-order valence-electron chi connectivity index (χ0n) is 12.2. The molecule has 2 aromatic carbocycles. The minimum Gasteiger partial charge on any atom is -0.341 e. The summed E-state index contributed by atoms with van der Waals surface area (Å²) in [6.45, 7) is 0. The first-order valence-electron chi connectivity index (χ1n) is 6.70. The molecule has 0 spiro atoms. The topological polar surface area (TPSA) is 82.2 Å². The zero-order valence-corrected chi connectivity index (χ0v) is 13.7. The number of hydrogen-bond donors (Lipinski definition) is 1. The van der Waals surface area contributed by atoms with E-state index in [2.05, 4.69) is 0 Å². The predicted molar refractivity (Wildman–Crippen MR) is 89.2 cm³/mol. The van der Waals surface area contributed by atoms with E-state index in [0.717, 1.165) is 10.9 Å². The fourth-order valence-corrected chi connectivity index (χ4v) is 3.59. The molecule has 0 aliphatic carbocycles. The molecule has 0 aliphatic heterocycles. The van der Waals surface area contributed by atoms with Crippen LogP contribution in [0.15, 0.2) is 53.4 Å². The number of carbonyl (C=O) groups excluding carboxylic acids is 1. The molecular weight excluding hydrogens is 336 g/mol. The Morgan fingerprint density at radius 1 is 1.13 bits per heavy atom. The van der Waals surface area contributed by atoms with Gasteiger partial charge in [-0.25, -0.2) is 13.6 Å². The van der Waals surface area contributed by atoms with E-state index in [4.69, 9.17) is 16.7 Å². The number of ketones is 1. The van der Waals surface area contributed by atoms with Crippen LogP contribution in [-0.2, 0) is 17.1 Å². The third-order valence-corrected chi connectivity index (χ3v) is 5.08. The normalized spacial score (nSPS) is 11.8. The first-order valence-corrected chi connectivity index (χ1v) is 8.63. The molecule has 0 unspecified atom stereocenters. The SMILES string of the molecule is Cn1c(C(=O)c2ccc(Cl)c(S(N)(=O)=O)c2)cc2ccccc21. The van der Waals surface area contributed by atoms with Crippen molar-refractivity contribution in [2.24, 2.45) is 12.2 Å². The van der Waals surface area contributed by atoms with Crippen molar-refractivity contribution in [3.05, 3.63) is 64.8 Å². The van der Waals surface area contributed by atoms with Gasteiger partial charge in [0.25, 0.3) is 0 Å². The average Bonchev–Trinajstić information content (AvgIpc) is 2.83. The maximum absolute atomic E-state index is 12.7. The van der Waals surface area contributed by atoms with Crippen LogP contribution in [0.4, 0.5) is 0 Å². The van der Waals surface area contributed by atoms with E-state index < -0.39 is 10.0 Å². The summed E-state index contributed by atoms with van der Waals surface area (Å²) < 4.78 is 24.9. The minimum absolute atomic E-state index is 0.0129. The van der Waals surface area contributed by atoms with Gasteiger partial charge in [-0.1, -0.05) is 29.8 Å². The third kappa shape index (κ3) is 2.76. The number of nitrogens with zero attached hydrogens (tertiary/aromatic N) is 1. The van der Waals surface area contributed by atoms with E-state index in [9.17, 15) is 13.2 Å². The molecule has 0 aliphatic rings. The molecule has 0 bridgehead atoms. The Bertz CT molecular complexity index is 1040. The number of halogens is 1. The van der Waals surface area contributed by atoms with Gasteiger partial charge in [-0.15, -0.1) is 0 Å². The summed E-state index contributed by atoms with van der Waals surface area (Å²) >= 11 is 5.85. The summed E-state index contributed by atoms with van der Waals surface area (Å²) in [6.07, 6.45) is 0. The predicted octanol–water partition coefficient (Wildman–Crippen LogP) is 2.71. The number of carbonyl (C=O) groups is 1. The number of nitrogens with two attached hydrogens (primary N) is 1. The highest BCUT2D eigenvalue weighted by Crippen LogP contribution is 2.25. The van der Waals surface area contributed by atoms with Crippen LogP contribution in [0.1, 0.15) is 16.1 Å². The minimum atomic E-state index is -4.00. The van der Waals surface area contributed by atoms with E-state index in [1.165, 1.54) is 18.2 Å². The molecule has 0 radical (unpaired) electrons. The lowest BCUT2D eigenvalue weighted by Crippen LogP contribution is -2.14. The first-order chi connectivity index (χ1) is 10.8. The van der Waals surface area contributed by atoms with Crippen LogP contribution in [0.3, 0.4) is 0 Å². The van der Waals surface area contributed by atoms with Gasteiger partial charge in [-0.2, -0.15) is 0 Å². The van der Waals surface area contributed by atoms with Crippen molar-refractivity contribution in [1.29, 1.82) is 0 Å². The second-order valence-corrected chi connectivity index (χ2v) is 7.10. The number of hydrogen-bond acceptors (Lipinski definition) is 3. The van der Waals surface area contributed by atoms with Crippen LogP contribution < -0.4 is 5.14 Å². The third-order valence-electron chi connectivity index (χ3n) is 3.68. The van der Waals surface area contributed by atoms with Gasteiger partial charge in [0.2, 0.25) is 15.8 Å². The largest absolute Gasteiger partial charge is 0.341 e. The zero-order chi connectivity index (χ0) is 16.8. The van der Waals surface area contributed by atoms with Gasteiger partial charge in [0.05, 0.1) is 10.7 Å². The number of aromatic nitrogens is 1. The van der Waals surface area contributed by atoms with Gasteiger partial charge in [-0.05, 0) is 30.3 Å². The molecule has 23 heavy (non-hydrogen) atoms. The highest BCUT2D eigenvalue weighted by atomic mass is 35.5. The van der Waals surface area contributed by atoms with Crippen molar-refractivity contribution < 1.29 is 13.2 Å². The van der Waals surface area contributed by atoms with Gasteiger partial charge < -0.3 is 4.57 Å². The summed E-state index contributed by atoms with van der Waals surface area (Å²) in [5.41, 5.74) is 1.58. The van der Waals surface area contributed by atoms with E-state index in [1.54, 1.807) is 17.7 Å². The van der Waals surface area contributed by atoms with Crippen LogP contribution in [0.25, 0.3) is 10.9 Å². The Morgan fingerprint density at radius 2 is 1.83 bits per heavy atom. The maximum atomic E-state index is 12.7. The summed E-state index contributed by atoms with van der Waals surface area (Å²) in [5.74, 6) is -0.301. The quantitative estimate of drug-likeness (QED) is 0.739. The lowest BCUT2D eigenvalue weighted by Gasteiger charge is -2.07. The van der Waals surface area contributed by atoms with Crippen molar-refractivity contribution in [3.63, 3.8) is 0 Å². The molecule has 0 saturated carbocycles. The average molecular weight is 349 g/mol. The fraction of sp³-hybridized carbons (Fsp3) is 0.0625. The summed E-state index contributed by atoms with van der Waals surface area (Å²) in [6, 6.07) is 13.4. The molecule has 0 atom stereocenters. The molecule has 118 valence electrons. The van der Waals surface area contributed by atoms with E-state index in [1.807, 2.05) is 24.3 Å². The number of benzene rings is 2. The van der Waals surface area contributed by atoms with E-state index >= 15 is 0 Å². The molecular formula is C16H13ClN2O3S. The highest BCUT2D eigenvalue weighted by molar-refractivity contribution is 7.89. The van der Waals surface area contributed by atoms with Gasteiger partial charge in [0.1, 0.15) is 4.90 Å². The molecule has 3 aromatic rings. The van der Waals surface area contributed by atoms with E-state index in [0.29, 0.717) is 5.69 Å². The van der Waals surface area contributed by atoms with Crippen molar-refractivity contribution in [1.82, 2.24) is 4.57 Å². The molecule has 7 heteroatoms. The maximum Gasteiger partial charge on any atom is 0.239 e. The Kier molecular flexibility index (Phi) is 3.75. The fourth-order valence-electron chi connectivity index (χ4n) is 2.52. The van der Waals surface area contributed by atoms with Crippen molar-refractivity contribution >= 4 is 38.3 Å². The van der Waals surface area contributed by atoms with Crippen molar-refractivity contribution in [3.8, 4) is 0 Å². The number of rotatable bonds is 3. The van der Waals surface area contributed by atoms with Gasteiger partial charge >= 0.3 is 0 Å². The number of primary sulfonamides is 1. The van der Waals surface area contributed by atoms with Gasteiger partial charge in [0.15, 0.2) is 0 Å². The number of fused-ring (bicyclic) bond motifs is 1. The van der Waals surface area contributed by atoms with Crippen LogP contribution in [0.5, 0.6) is 0 Å². The molecule has 3 rings (SSSR count). The smallest absolute Gasteiger partial charge is 0.239 e. The van der Waals surface area contributed by atoms with E-state index in [-0.39, 0.29) is 21.3 Å². The molecule has 5 nitrogen and oxygen atoms in total. The first kappa shape index (κ1) is 15.7.